The van der Waals surface area contributed by atoms with Crippen molar-refractivity contribution in [3.05, 3.63) is 30.3 Å². The summed E-state index contributed by atoms with van der Waals surface area (Å²) in [5.41, 5.74) is 0.862. The predicted molar refractivity (Wildman–Crippen MR) is 85.6 cm³/mol. The van der Waals surface area contributed by atoms with Gasteiger partial charge in [0.25, 0.3) is 0 Å². The van der Waals surface area contributed by atoms with Gasteiger partial charge in [0.2, 0.25) is 0 Å². The van der Waals surface area contributed by atoms with Crippen molar-refractivity contribution in [3.8, 4) is 5.75 Å². The van der Waals surface area contributed by atoms with Crippen molar-refractivity contribution < 1.29 is 19.7 Å². The van der Waals surface area contributed by atoms with Crippen LogP contribution in [0.15, 0.2) is 30.3 Å². The smallest absolute Gasteiger partial charge is 0.126 e. The Labute approximate surface area is 134 Å². The molecule has 2 heterocycles. The summed E-state index contributed by atoms with van der Waals surface area (Å²) in [6.07, 6.45) is 0.175. The molecular formula is C17H20N2O4. The van der Waals surface area contributed by atoms with E-state index < -0.39 is 18.3 Å². The van der Waals surface area contributed by atoms with Crippen molar-refractivity contribution in [1.82, 2.24) is 4.98 Å². The summed E-state index contributed by atoms with van der Waals surface area (Å²) < 4.78 is 11.0. The lowest BCUT2D eigenvalue weighted by Gasteiger charge is -2.16. The molecule has 0 radical (unpaired) electrons. The molecule has 2 fully saturated rings. The fraction of sp³-hybridized carbons (Fsp3) is 0.471. The molecule has 3 unspecified atom stereocenters. The first-order valence-electron chi connectivity index (χ1n) is 7.97. The Morgan fingerprint density at radius 3 is 2.78 bits per heavy atom. The van der Waals surface area contributed by atoms with Crippen molar-refractivity contribution in [2.75, 3.05) is 18.5 Å². The Kier molecular flexibility index (Phi) is 3.80. The van der Waals surface area contributed by atoms with Gasteiger partial charge >= 0.3 is 0 Å². The summed E-state index contributed by atoms with van der Waals surface area (Å²) in [5, 5.41) is 23.7. The molecule has 0 bridgehead atoms. The zero-order chi connectivity index (χ0) is 15.8. The number of aliphatic hydroxyl groups is 2. The number of pyridine rings is 1. The minimum Gasteiger partial charge on any atom is -0.491 e. The van der Waals surface area contributed by atoms with Crippen LogP contribution in [-0.4, -0.2) is 52.8 Å². The van der Waals surface area contributed by atoms with E-state index in [2.05, 4.69) is 10.3 Å². The minimum absolute atomic E-state index is 0.144. The zero-order valence-corrected chi connectivity index (χ0v) is 12.7. The average molecular weight is 316 g/mol. The zero-order valence-electron chi connectivity index (χ0n) is 12.7. The lowest BCUT2D eigenvalue weighted by Crippen LogP contribution is -2.33. The fourth-order valence-corrected chi connectivity index (χ4v) is 2.70. The number of hydrogen-bond acceptors (Lipinski definition) is 6. The average Bonchev–Trinajstić information content (AvgIpc) is 3.32. The van der Waals surface area contributed by atoms with Crippen molar-refractivity contribution in [1.29, 1.82) is 0 Å². The number of nitrogens with zero attached hydrogens (tertiary/aromatic N) is 1. The summed E-state index contributed by atoms with van der Waals surface area (Å²) in [5.74, 6) is 1.56. The predicted octanol–water partition coefficient (Wildman–Crippen LogP) is 1.31. The Hall–Kier alpha value is -1.89. The molecule has 0 amide bonds. The molecule has 3 atom stereocenters. The Morgan fingerprint density at radius 2 is 2.04 bits per heavy atom. The molecular weight excluding hydrogens is 296 g/mol. The quantitative estimate of drug-likeness (QED) is 0.771. The SMILES string of the molecule is OC1COC(COc2ccc3ccc(NC4CC4)nc3c2)C1O. The number of anilines is 1. The van der Waals surface area contributed by atoms with Crippen LogP contribution in [0, 0.1) is 0 Å². The Balaban J connectivity index is 1.46. The van der Waals surface area contributed by atoms with Gasteiger partial charge in [-0.2, -0.15) is 0 Å². The molecule has 23 heavy (non-hydrogen) atoms. The largest absolute Gasteiger partial charge is 0.491 e. The number of benzene rings is 1. The highest BCUT2D eigenvalue weighted by atomic mass is 16.6. The topological polar surface area (TPSA) is 83.8 Å². The van der Waals surface area contributed by atoms with E-state index in [9.17, 15) is 10.2 Å². The van der Waals surface area contributed by atoms with Crippen molar-refractivity contribution in [3.63, 3.8) is 0 Å². The summed E-state index contributed by atoms with van der Waals surface area (Å²) in [6.45, 7) is 0.342. The highest BCUT2D eigenvalue weighted by Gasteiger charge is 2.34. The maximum Gasteiger partial charge on any atom is 0.126 e. The molecule has 1 aliphatic carbocycles. The van der Waals surface area contributed by atoms with Crippen LogP contribution in [0.25, 0.3) is 10.9 Å². The number of ether oxygens (including phenoxy) is 2. The summed E-state index contributed by atoms with van der Waals surface area (Å²) >= 11 is 0. The van der Waals surface area contributed by atoms with E-state index in [1.807, 2.05) is 30.3 Å². The van der Waals surface area contributed by atoms with E-state index in [1.165, 1.54) is 12.8 Å². The standard InChI is InChI=1S/C17H20N2O4/c20-14-8-23-15(17(14)21)9-22-12-5-1-10-2-6-16(18-11-3-4-11)19-13(10)7-12/h1-2,5-7,11,14-15,17,20-21H,3-4,8-9H2,(H,18,19). The molecule has 4 rings (SSSR count). The summed E-state index contributed by atoms with van der Waals surface area (Å²) in [4.78, 5) is 4.61. The van der Waals surface area contributed by atoms with E-state index in [1.54, 1.807) is 0 Å². The summed E-state index contributed by atoms with van der Waals surface area (Å²) in [6, 6.07) is 10.3. The molecule has 0 spiro atoms. The van der Waals surface area contributed by atoms with Crippen LogP contribution in [0.5, 0.6) is 5.75 Å². The fourth-order valence-electron chi connectivity index (χ4n) is 2.70. The third kappa shape index (κ3) is 3.24. The third-order valence-corrected chi connectivity index (χ3v) is 4.26. The van der Waals surface area contributed by atoms with Gasteiger partial charge in [0.05, 0.1) is 12.1 Å². The molecule has 1 saturated heterocycles. The highest BCUT2D eigenvalue weighted by Crippen LogP contribution is 2.26. The van der Waals surface area contributed by atoms with Crippen molar-refractivity contribution >= 4 is 16.7 Å². The van der Waals surface area contributed by atoms with Gasteiger partial charge in [-0.15, -0.1) is 0 Å². The molecule has 1 aliphatic heterocycles. The number of hydrogen-bond donors (Lipinski definition) is 3. The van der Waals surface area contributed by atoms with Gasteiger partial charge in [0, 0.05) is 17.5 Å². The number of aromatic nitrogens is 1. The molecule has 1 aromatic carbocycles. The molecule has 1 saturated carbocycles. The van der Waals surface area contributed by atoms with E-state index in [-0.39, 0.29) is 13.2 Å². The third-order valence-electron chi connectivity index (χ3n) is 4.26. The van der Waals surface area contributed by atoms with Crippen molar-refractivity contribution in [2.45, 2.75) is 37.2 Å². The first-order chi connectivity index (χ1) is 11.2. The van der Waals surface area contributed by atoms with Crippen LogP contribution in [0.2, 0.25) is 0 Å². The van der Waals surface area contributed by atoms with E-state index in [0.29, 0.717) is 11.8 Å². The highest BCUT2D eigenvalue weighted by molar-refractivity contribution is 5.81. The van der Waals surface area contributed by atoms with Gasteiger partial charge in [-0.25, -0.2) is 4.98 Å². The first-order valence-corrected chi connectivity index (χ1v) is 7.97. The number of aliphatic hydroxyl groups excluding tert-OH is 2. The van der Waals surface area contributed by atoms with Crippen LogP contribution in [0.4, 0.5) is 5.82 Å². The molecule has 2 aliphatic rings. The Morgan fingerprint density at radius 1 is 1.22 bits per heavy atom. The van der Waals surface area contributed by atoms with Crippen LogP contribution < -0.4 is 10.1 Å². The second kappa shape index (κ2) is 5.96. The lowest BCUT2D eigenvalue weighted by molar-refractivity contribution is -0.0000674. The molecule has 1 aromatic heterocycles. The summed E-state index contributed by atoms with van der Waals surface area (Å²) in [7, 11) is 0. The number of nitrogens with one attached hydrogen (secondary N) is 1. The normalized spacial score (nSPS) is 27.3. The monoisotopic (exact) mass is 316 g/mol. The molecule has 6 nitrogen and oxygen atoms in total. The molecule has 2 aromatic rings. The van der Waals surface area contributed by atoms with Gasteiger partial charge in [-0.05, 0) is 37.1 Å². The van der Waals surface area contributed by atoms with Crippen LogP contribution >= 0.6 is 0 Å². The molecule has 6 heteroatoms. The number of fused-ring (bicyclic) bond motifs is 1. The minimum atomic E-state index is -0.900. The van der Waals surface area contributed by atoms with Gasteiger partial charge < -0.3 is 25.0 Å². The van der Waals surface area contributed by atoms with Gasteiger partial charge in [-0.1, -0.05) is 0 Å². The first kappa shape index (κ1) is 14.7. The van der Waals surface area contributed by atoms with Crippen LogP contribution in [-0.2, 0) is 4.74 Å². The molecule has 122 valence electrons. The lowest BCUT2D eigenvalue weighted by atomic mass is 10.1. The second-order valence-electron chi connectivity index (χ2n) is 6.21. The van der Waals surface area contributed by atoms with Crippen LogP contribution in [0.3, 0.4) is 0 Å². The van der Waals surface area contributed by atoms with E-state index in [0.717, 1.165) is 16.7 Å². The van der Waals surface area contributed by atoms with E-state index in [4.69, 9.17) is 9.47 Å². The maximum absolute atomic E-state index is 9.76. The number of rotatable bonds is 5. The second-order valence-corrected chi connectivity index (χ2v) is 6.21. The van der Waals surface area contributed by atoms with Gasteiger partial charge in [0.15, 0.2) is 0 Å². The van der Waals surface area contributed by atoms with Gasteiger partial charge in [0.1, 0.15) is 36.5 Å². The van der Waals surface area contributed by atoms with Gasteiger partial charge in [-0.3, -0.25) is 0 Å². The van der Waals surface area contributed by atoms with E-state index >= 15 is 0 Å². The maximum atomic E-state index is 9.76. The Bertz CT molecular complexity index is 704. The van der Waals surface area contributed by atoms with Crippen molar-refractivity contribution in [2.24, 2.45) is 0 Å². The molecule has 3 N–H and O–H groups in total. The van der Waals surface area contributed by atoms with Crippen LogP contribution in [0.1, 0.15) is 12.8 Å².